The van der Waals surface area contributed by atoms with Crippen molar-refractivity contribution in [3.63, 3.8) is 0 Å². The molecule has 0 unspecified atom stereocenters. The number of unbranched alkanes of at least 4 members (excludes halogenated alkanes) is 2. The molecule has 0 saturated carbocycles. The van der Waals surface area contributed by atoms with Gasteiger partial charge in [-0.15, -0.1) is 0 Å². The average Bonchev–Trinajstić information content (AvgIpc) is 2.53. The number of carbonyl (C=O) groups is 1. The number of H-pyrrole nitrogens is 1. The monoisotopic (exact) mass is 316 g/mol. The van der Waals surface area contributed by atoms with Gasteiger partial charge >= 0.3 is 0 Å². The number of hydrogen-bond acceptors (Lipinski definition) is 3. The number of rotatable bonds is 7. The molecule has 1 aromatic heterocycles. The number of pyridine rings is 1. The standard InChI is InChI=1S/C18H24N2O3/c1-4-6-7-10-23-16-12(3)8-9-13-11-14(17(21)19-5-2)18(22)20-15(13)16/h8-9,11H,4-7,10H2,1-3H3,(H,19,21)(H,20,22). The summed E-state index contributed by atoms with van der Waals surface area (Å²) in [5, 5.41) is 3.44. The zero-order chi connectivity index (χ0) is 16.8. The third-order valence-corrected chi connectivity index (χ3v) is 3.75. The minimum absolute atomic E-state index is 0.125. The van der Waals surface area contributed by atoms with Gasteiger partial charge in [0.25, 0.3) is 11.5 Å². The van der Waals surface area contributed by atoms with Gasteiger partial charge in [0.2, 0.25) is 0 Å². The van der Waals surface area contributed by atoms with E-state index in [0.717, 1.165) is 30.2 Å². The maximum Gasteiger partial charge on any atom is 0.261 e. The largest absolute Gasteiger partial charge is 0.491 e. The highest BCUT2D eigenvalue weighted by Crippen LogP contribution is 2.27. The van der Waals surface area contributed by atoms with Crippen LogP contribution in [-0.2, 0) is 0 Å². The van der Waals surface area contributed by atoms with E-state index in [4.69, 9.17) is 4.74 Å². The van der Waals surface area contributed by atoms with Crippen molar-refractivity contribution in [1.82, 2.24) is 10.3 Å². The molecule has 1 aromatic carbocycles. The molecule has 1 amide bonds. The molecule has 0 bridgehead atoms. The minimum Gasteiger partial charge on any atom is -0.491 e. The summed E-state index contributed by atoms with van der Waals surface area (Å²) in [4.78, 5) is 27.0. The Morgan fingerprint density at radius 1 is 1.26 bits per heavy atom. The smallest absolute Gasteiger partial charge is 0.261 e. The first-order valence-electron chi connectivity index (χ1n) is 8.16. The molecule has 2 rings (SSSR count). The van der Waals surface area contributed by atoms with Crippen LogP contribution >= 0.6 is 0 Å². The fraction of sp³-hybridized carbons (Fsp3) is 0.444. The van der Waals surface area contributed by atoms with Gasteiger partial charge in [-0.3, -0.25) is 9.59 Å². The molecule has 2 aromatic rings. The maximum atomic E-state index is 12.2. The zero-order valence-corrected chi connectivity index (χ0v) is 14.0. The summed E-state index contributed by atoms with van der Waals surface area (Å²) in [6.07, 6.45) is 3.22. The third-order valence-electron chi connectivity index (χ3n) is 3.75. The Balaban J connectivity index is 2.40. The number of amides is 1. The number of hydrogen-bond donors (Lipinski definition) is 2. The average molecular weight is 316 g/mol. The first-order chi connectivity index (χ1) is 11.1. The first-order valence-corrected chi connectivity index (χ1v) is 8.16. The van der Waals surface area contributed by atoms with Crippen molar-refractivity contribution in [2.45, 2.75) is 40.0 Å². The zero-order valence-electron chi connectivity index (χ0n) is 14.0. The molecule has 124 valence electrons. The van der Waals surface area contributed by atoms with Crippen molar-refractivity contribution < 1.29 is 9.53 Å². The van der Waals surface area contributed by atoms with Gasteiger partial charge in [-0.25, -0.2) is 0 Å². The van der Waals surface area contributed by atoms with Crippen LogP contribution in [0.1, 0.15) is 49.0 Å². The first kappa shape index (κ1) is 17.1. The van der Waals surface area contributed by atoms with E-state index in [1.54, 1.807) is 6.07 Å². The molecule has 5 heteroatoms. The van der Waals surface area contributed by atoms with Crippen LogP contribution < -0.4 is 15.6 Å². The van der Waals surface area contributed by atoms with Gasteiger partial charge in [0, 0.05) is 11.9 Å². The van der Waals surface area contributed by atoms with Crippen molar-refractivity contribution in [3.8, 4) is 5.75 Å². The molecular weight excluding hydrogens is 292 g/mol. The second kappa shape index (κ2) is 7.81. The Hall–Kier alpha value is -2.30. The van der Waals surface area contributed by atoms with Crippen LogP contribution in [0.2, 0.25) is 0 Å². The maximum absolute atomic E-state index is 12.2. The number of ether oxygens (including phenoxy) is 1. The second-order valence-corrected chi connectivity index (χ2v) is 5.60. The van der Waals surface area contributed by atoms with Gasteiger partial charge in [-0.1, -0.05) is 31.9 Å². The highest BCUT2D eigenvalue weighted by molar-refractivity contribution is 5.98. The second-order valence-electron chi connectivity index (χ2n) is 5.60. The van der Waals surface area contributed by atoms with Crippen LogP contribution in [0.4, 0.5) is 0 Å². The molecule has 1 heterocycles. The van der Waals surface area contributed by atoms with Crippen molar-refractivity contribution in [2.75, 3.05) is 13.2 Å². The predicted molar refractivity (Wildman–Crippen MR) is 92.3 cm³/mol. The molecule has 0 aliphatic rings. The molecule has 0 radical (unpaired) electrons. The van der Waals surface area contributed by atoms with E-state index in [-0.39, 0.29) is 11.5 Å². The SMILES string of the molecule is CCCCCOc1c(C)ccc2cc(C(=O)NCC)c(=O)[nH]c12. The summed E-state index contributed by atoms with van der Waals surface area (Å²) >= 11 is 0. The topological polar surface area (TPSA) is 71.2 Å². The van der Waals surface area contributed by atoms with Crippen LogP contribution in [0.5, 0.6) is 5.75 Å². The van der Waals surface area contributed by atoms with Crippen molar-refractivity contribution in [2.24, 2.45) is 0 Å². The minimum atomic E-state index is -0.396. The van der Waals surface area contributed by atoms with Gasteiger partial charge in [-0.05, 0) is 31.9 Å². The molecular formula is C18H24N2O3. The highest BCUT2D eigenvalue weighted by Gasteiger charge is 2.14. The molecule has 5 nitrogen and oxygen atoms in total. The van der Waals surface area contributed by atoms with Gasteiger partial charge in [0.1, 0.15) is 11.3 Å². The van der Waals surface area contributed by atoms with E-state index in [9.17, 15) is 9.59 Å². The normalized spacial score (nSPS) is 10.7. The Labute approximate surface area is 136 Å². The van der Waals surface area contributed by atoms with E-state index in [1.807, 2.05) is 26.0 Å². The van der Waals surface area contributed by atoms with Crippen LogP contribution in [0.25, 0.3) is 10.9 Å². The van der Waals surface area contributed by atoms with E-state index < -0.39 is 5.56 Å². The van der Waals surface area contributed by atoms with Crippen molar-refractivity contribution in [3.05, 3.63) is 39.7 Å². The van der Waals surface area contributed by atoms with Gasteiger partial charge in [-0.2, -0.15) is 0 Å². The number of carbonyl (C=O) groups excluding carboxylic acids is 1. The van der Waals surface area contributed by atoms with Gasteiger partial charge < -0.3 is 15.0 Å². The number of aryl methyl sites for hydroxylation is 1. The molecule has 0 aliphatic carbocycles. The fourth-order valence-electron chi connectivity index (χ4n) is 2.49. The third kappa shape index (κ3) is 3.92. The Kier molecular flexibility index (Phi) is 5.79. The van der Waals surface area contributed by atoms with Gasteiger partial charge in [0.15, 0.2) is 0 Å². The summed E-state index contributed by atoms with van der Waals surface area (Å²) in [7, 11) is 0. The molecule has 0 saturated heterocycles. The van der Waals surface area contributed by atoms with E-state index in [2.05, 4.69) is 17.2 Å². The quantitative estimate of drug-likeness (QED) is 0.771. The van der Waals surface area contributed by atoms with Crippen molar-refractivity contribution >= 4 is 16.8 Å². The summed E-state index contributed by atoms with van der Waals surface area (Å²) in [5.74, 6) is 0.333. The highest BCUT2D eigenvalue weighted by atomic mass is 16.5. The lowest BCUT2D eigenvalue weighted by Gasteiger charge is -2.12. The lowest BCUT2D eigenvalue weighted by atomic mass is 10.1. The van der Waals surface area contributed by atoms with Gasteiger partial charge in [0.05, 0.1) is 12.1 Å². The van der Waals surface area contributed by atoms with Crippen LogP contribution in [0.3, 0.4) is 0 Å². The Morgan fingerprint density at radius 2 is 2.04 bits per heavy atom. The Bertz CT molecular complexity index is 750. The summed E-state index contributed by atoms with van der Waals surface area (Å²) in [6, 6.07) is 5.46. The fourth-order valence-corrected chi connectivity index (χ4v) is 2.49. The lowest BCUT2D eigenvalue weighted by Crippen LogP contribution is -2.29. The van der Waals surface area contributed by atoms with Crippen molar-refractivity contribution in [1.29, 1.82) is 0 Å². The van der Waals surface area contributed by atoms with Crippen LogP contribution in [-0.4, -0.2) is 24.0 Å². The molecule has 23 heavy (non-hydrogen) atoms. The molecule has 0 atom stereocenters. The van der Waals surface area contributed by atoms with E-state index in [1.165, 1.54) is 0 Å². The molecule has 0 spiro atoms. The number of aromatic amines is 1. The number of benzene rings is 1. The number of nitrogens with one attached hydrogen (secondary N) is 2. The summed E-state index contributed by atoms with van der Waals surface area (Å²) < 4.78 is 5.88. The Morgan fingerprint density at radius 3 is 2.74 bits per heavy atom. The van der Waals surface area contributed by atoms with Crippen LogP contribution in [0.15, 0.2) is 23.0 Å². The molecule has 0 aliphatic heterocycles. The molecule has 0 fully saturated rings. The predicted octanol–water partition coefficient (Wildman–Crippen LogP) is 3.16. The molecule has 2 N–H and O–H groups in total. The van der Waals surface area contributed by atoms with E-state index >= 15 is 0 Å². The number of fused-ring (bicyclic) bond motifs is 1. The lowest BCUT2D eigenvalue weighted by molar-refractivity contribution is 0.0954. The number of aromatic nitrogens is 1. The van der Waals surface area contributed by atoms with E-state index in [0.29, 0.717) is 24.4 Å². The summed E-state index contributed by atoms with van der Waals surface area (Å²) in [5.41, 5.74) is 1.35. The summed E-state index contributed by atoms with van der Waals surface area (Å²) in [6.45, 7) is 7.01. The van der Waals surface area contributed by atoms with Crippen LogP contribution in [0, 0.1) is 6.92 Å².